The van der Waals surface area contributed by atoms with E-state index in [-0.39, 0.29) is 5.91 Å². The van der Waals surface area contributed by atoms with Crippen molar-refractivity contribution >= 4 is 28.9 Å². The highest BCUT2D eigenvalue weighted by atomic mass is 16.2. The second-order valence-electron chi connectivity index (χ2n) is 7.75. The standard InChI is InChI=1S/C23H24N4O/c1-26-10-12-27(13-11-26)15-16-6-8-19-17(14-16)7-9-21(24-19)22-18-4-2-3-5-20(18)25-23(22)28/h2-9,14,24H,10-13,15H2,1H3,(H,25,28)/b22-21-. The number of allylic oxidation sites excluding steroid dienone is 1. The van der Waals surface area contributed by atoms with E-state index >= 15 is 0 Å². The summed E-state index contributed by atoms with van der Waals surface area (Å²) >= 11 is 0. The molecule has 0 unspecified atom stereocenters. The number of carbonyl (C=O) groups excluding carboxylic acids is 1. The lowest BCUT2D eigenvalue weighted by atomic mass is 9.99. The predicted octanol–water partition coefficient (Wildman–Crippen LogP) is 3.24. The molecule has 1 amide bonds. The molecule has 0 atom stereocenters. The summed E-state index contributed by atoms with van der Waals surface area (Å²) in [5.74, 6) is -0.0523. The van der Waals surface area contributed by atoms with Crippen molar-refractivity contribution in [2.24, 2.45) is 0 Å². The Morgan fingerprint density at radius 2 is 1.75 bits per heavy atom. The number of hydrogen-bond donors (Lipinski definition) is 2. The molecule has 2 aromatic rings. The Morgan fingerprint density at radius 3 is 2.61 bits per heavy atom. The fourth-order valence-electron chi connectivity index (χ4n) is 4.12. The van der Waals surface area contributed by atoms with Gasteiger partial charge in [0.05, 0.1) is 11.3 Å². The highest BCUT2D eigenvalue weighted by molar-refractivity contribution is 6.33. The Bertz CT molecular complexity index is 999. The van der Waals surface area contributed by atoms with Crippen LogP contribution in [-0.2, 0) is 11.3 Å². The van der Waals surface area contributed by atoms with Gasteiger partial charge in [0, 0.05) is 49.7 Å². The summed E-state index contributed by atoms with van der Waals surface area (Å²) in [6.07, 6.45) is 4.12. The summed E-state index contributed by atoms with van der Waals surface area (Å²) in [6, 6.07) is 14.4. The van der Waals surface area contributed by atoms with Crippen LogP contribution in [0.2, 0.25) is 0 Å². The molecule has 3 aliphatic rings. The number of rotatable bonds is 2. The van der Waals surface area contributed by atoms with E-state index in [1.54, 1.807) is 0 Å². The zero-order valence-electron chi connectivity index (χ0n) is 16.0. The molecule has 0 radical (unpaired) electrons. The minimum atomic E-state index is -0.0523. The van der Waals surface area contributed by atoms with Gasteiger partial charge in [-0.3, -0.25) is 9.69 Å². The summed E-state index contributed by atoms with van der Waals surface area (Å²) < 4.78 is 0. The second-order valence-corrected chi connectivity index (χ2v) is 7.75. The molecular weight excluding hydrogens is 348 g/mol. The molecule has 0 bridgehead atoms. The van der Waals surface area contributed by atoms with Crippen molar-refractivity contribution in [2.75, 3.05) is 43.9 Å². The van der Waals surface area contributed by atoms with Crippen molar-refractivity contribution in [3.8, 4) is 0 Å². The van der Waals surface area contributed by atoms with Crippen LogP contribution < -0.4 is 10.6 Å². The molecule has 2 N–H and O–H groups in total. The summed E-state index contributed by atoms with van der Waals surface area (Å²) in [7, 11) is 2.18. The molecule has 0 saturated carbocycles. The molecule has 142 valence electrons. The first kappa shape index (κ1) is 17.2. The number of fused-ring (bicyclic) bond motifs is 2. The molecule has 3 heterocycles. The number of benzene rings is 2. The van der Waals surface area contributed by atoms with Gasteiger partial charge in [-0.25, -0.2) is 0 Å². The first-order chi connectivity index (χ1) is 13.7. The third-order valence-electron chi connectivity index (χ3n) is 5.76. The Labute approximate surface area is 165 Å². The second kappa shape index (κ2) is 6.93. The van der Waals surface area contributed by atoms with Gasteiger partial charge in [0.2, 0.25) is 0 Å². The van der Waals surface area contributed by atoms with Crippen LogP contribution in [0.5, 0.6) is 0 Å². The summed E-state index contributed by atoms with van der Waals surface area (Å²) in [5.41, 5.74) is 6.93. The van der Waals surface area contributed by atoms with Crippen molar-refractivity contribution < 1.29 is 4.79 Å². The normalized spacial score (nSPS) is 21.8. The van der Waals surface area contributed by atoms with Gasteiger partial charge in [0.25, 0.3) is 5.91 Å². The maximum absolute atomic E-state index is 12.5. The van der Waals surface area contributed by atoms with Crippen molar-refractivity contribution in [2.45, 2.75) is 6.54 Å². The minimum absolute atomic E-state index is 0.0523. The van der Waals surface area contributed by atoms with Crippen molar-refractivity contribution in [3.63, 3.8) is 0 Å². The molecule has 5 rings (SSSR count). The number of anilines is 2. The van der Waals surface area contributed by atoms with Gasteiger partial charge >= 0.3 is 0 Å². The number of para-hydroxylation sites is 1. The van der Waals surface area contributed by atoms with Gasteiger partial charge < -0.3 is 15.5 Å². The zero-order valence-corrected chi connectivity index (χ0v) is 16.0. The van der Waals surface area contributed by atoms with Crippen LogP contribution in [0, 0.1) is 0 Å². The molecule has 2 aromatic carbocycles. The summed E-state index contributed by atoms with van der Waals surface area (Å²) in [6.45, 7) is 5.48. The van der Waals surface area contributed by atoms with Gasteiger partial charge in [0.1, 0.15) is 0 Å². The van der Waals surface area contributed by atoms with E-state index in [9.17, 15) is 4.79 Å². The van der Waals surface area contributed by atoms with Crippen LogP contribution in [-0.4, -0.2) is 48.9 Å². The molecule has 0 spiro atoms. The molecule has 1 saturated heterocycles. The summed E-state index contributed by atoms with van der Waals surface area (Å²) in [4.78, 5) is 17.4. The Balaban J connectivity index is 1.39. The number of amides is 1. The van der Waals surface area contributed by atoms with Crippen LogP contribution in [0.3, 0.4) is 0 Å². The average Bonchev–Trinajstić information content (AvgIpc) is 3.05. The molecule has 5 nitrogen and oxygen atoms in total. The van der Waals surface area contributed by atoms with Crippen LogP contribution >= 0.6 is 0 Å². The van der Waals surface area contributed by atoms with E-state index in [4.69, 9.17) is 0 Å². The number of nitrogens with zero attached hydrogens (tertiary/aromatic N) is 2. The van der Waals surface area contributed by atoms with Crippen LogP contribution in [0.25, 0.3) is 11.6 Å². The third-order valence-corrected chi connectivity index (χ3v) is 5.76. The van der Waals surface area contributed by atoms with E-state index in [2.05, 4.69) is 51.8 Å². The first-order valence-electron chi connectivity index (χ1n) is 9.81. The van der Waals surface area contributed by atoms with Gasteiger partial charge in [-0.1, -0.05) is 30.3 Å². The lowest BCUT2D eigenvalue weighted by Crippen LogP contribution is -2.43. The maximum atomic E-state index is 12.5. The highest BCUT2D eigenvalue weighted by Crippen LogP contribution is 2.36. The van der Waals surface area contributed by atoms with E-state index in [1.165, 1.54) is 11.1 Å². The quantitative estimate of drug-likeness (QED) is 0.795. The smallest absolute Gasteiger partial charge is 0.258 e. The monoisotopic (exact) mass is 372 g/mol. The van der Waals surface area contributed by atoms with Gasteiger partial charge in [-0.05, 0) is 42.4 Å². The topological polar surface area (TPSA) is 47.6 Å². The minimum Gasteiger partial charge on any atom is -0.354 e. The largest absolute Gasteiger partial charge is 0.354 e. The third kappa shape index (κ3) is 3.13. The molecule has 5 heteroatoms. The van der Waals surface area contributed by atoms with E-state index < -0.39 is 0 Å². The first-order valence-corrected chi connectivity index (χ1v) is 9.81. The number of piperazine rings is 1. The number of hydrogen-bond acceptors (Lipinski definition) is 4. The van der Waals surface area contributed by atoms with Gasteiger partial charge in [-0.2, -0.15) is 0 Å². The SMILES string of the molecule is CN1CCN(Cc2ccc3c(c2)C=C/C(=C2/C(=O)Nc4ccccc42)N3)CC1. The number of nitrogens with one attached hydrogen (secondary N) is 2. The van der Waals surface area contributed by atoms with Crippen molar-refractivity contribution in [1.82, 2.24) is 9.80 Å². The van der Waals surface area contributed by atoms with E-state index in [0.717, 1.165) is 55.4 Å². The molecule has 0 aromatic heterocycles. The number of carbonyl (C=O) groups is 1. The lowest BCUT2D eigenvalue weighted by molar-refractivity contribution is -0.110. The maximum Gasteiger partial charge on any atom is 0.258 e. The highest BCUT2D eigenvalue weighted by Gasteiger charge is 2.27. The van der Waals surface area contributed by atoms with Crippen LogP contribution in [0.15, 0.2) is 54.2 Å². The fourth-order valence-corrected chi connectivity index (χ4v) is 4.12. The Hall–Kier alpha value is -2.89. The Morgan fingerprint density at radius 1 is 0.929 bits per heavy atom. The van der Waals surface area contributed by atoms with Crippen molar-refractivity contribution in [1.29, 1.82) is 0 Å². The lowest BCUT2D eigenvalue weighted by Gasteiger charge is -2.32. The van der Waals surface area contributed by atoms with Crippen molar-refractivity contribution in [3.05, 3.63) is 70.9 Å². The molecule has 3 aliphatic heterocycles. The average molecular weight is 372 g/mol. The molecular formula is C23H24N4O. The molecule has 28 heavy (non-hydrogen) atoms. The fraction of sp³-hybridized carbons (Fsp3) is 0.261. The zero-order chi connectivity index (χ0) is 19.1. The van der Waals surface area contributed by atoms with Gasteiger partial charge in [-0.15, -0.1) is 0 Å². The van der Waals surface area contributed by atoms with Gasteiger partial charge in [0.15, 0.2) is 0 Å². The Kier molecular flexibility index (Phi) is 4.26. The summed E-state index contributed by atoms with van der Waals surface area (Å²) in [5, 5.41) is 6.41. The number of likely N-dealkylation sites (N-methyl/N-ethyl adjacent to an activating group) is 1. The van der Waals surface area contributed by atoms with Crippen LogP contribution in [0.1, 0.15) is 16.7 Å². The van der Waals surface area contributed by atoms with Crippen LogP contribution in [0.4, 0.5) is 11.4 Å². The molecule has 0 aliphatic carbocycles. The molecule has 1 fully saturated rings. The van der Waals surface area contributed by atoms with E-state index in [0.29, 0.717) is 5.57 Å². The predicted molar refractivity (Wildman–Crippen MR) is 114 cm³/mol. The van der Waals surface area contributed by atoms with E-state index in [1.807, 2.05) is 30.3 Å².